The number of anilines is 1. The Morgan fingerprint density at radius 1 is 1.56 bits per heavy atom. The Morgan fingerprint density at radius 2 is 2.33 bits per heavy atom. The summed E-state index contributed by atoms with van der Waals surface area (Å²) < 4.78 is 6.46. The summed E-state index contributed by atoms with van der Waals surface area (Å²) >= 11 is 1.38. The van der Waals surface area contributed by atoms with Gasteiger partial charge in [-0.3, -0.25) is 10.1 Å². The number of aromatic nitrogens is 4. The van der Waals surface area contributed by atoms with Crippen LogP contribution in [0.15, 0.2) is 5.38 Å². The fourth-order valence-corrected chi connectivity index (χ4v) is 2.14. The van der Waals surface area contributed by atoms with Crippen LogP contribution in [-0.2, 0) is 18.4 Å². The Morgan fingerprint density at radius 3 is 2.94 bits per heavy atom. The van der Waals surface area contributed by atoms with Gasteiger partial charge >= 0.3 is 0 Å². The lowest BCUT2D eigenvalue weighted by atomic mass is 10.4. The number of aryl methyl sites for hydroxylation is 2. The molecule has 0 aliphatic carbocycles. The van der Waals surface area contributed by atoms with E-state index in [0.29, 0.717) is 24.1 Å². The maximum atomic E-state index is 11.9. The number of nitrogens with zero attached hydrogens (tertiary/aromatic N) is 4. The van der Waals surface area contributed by atoms with Crippen molar-refractivity contribution in [3.8, 4) is 0 Å². The summed E-state index contributed by atoms with van der Waals surface area (Å²) in [6, 6.07) is 0. The number of methoxy groups -OCH3 is 1. The lowest BCUT2D eigenvalue weighted by Gasteiger charge is -2.00. The zero-order valence-corrected chi connectivity index (χ0v) is 11.1. The van der Waals surface area contributed by atoms with E-state index in [1.807, 2.05) is 0 Å². The molecule has 7 nitrogen and oxygen atoms in total. The quantitative estimate of drug-likeness (QED) is 0.893. The third kappa shape index (κ3) is 2.71. The number of thiazole rings is 1. The topological polar surface area (TPSA) is 81.9 Å². The summed E-state index contributed by atoms with van der Waals surface area (Å²) in [4.78, 5) is 20.2. The lowest BCUT2D eigenvalue weighted by molar-refractivity contribution is 0.102. The molecular weight excluding hydrogens is 254 g/mol. The average molecular weight is 267 g/mol. The minimum Gasteiger partial charge on any atom is -0.378 e. The molecule has 0 atom stereocenters. The summed E-state index contributed by atoms with van der Waals surface area (Å²) in [6.45, 7) is 2.16. The molecule has 0 bridgehead atoms. The highest BCUT2D eigenvalue weighted by Crippen LogP contribution is 2.12. The summed E-state index contributed by atoms with van der Waals surface area (Å²) in [5, 5.41) is 9.15. The molecule has 0 fully saturated rings. The van der Waals surface area contributed by atoms with Crippen LogP contribution in [0.5, 0.6) is 0 Å². The first-order valence-corrected chi connectivity index (χ1v) is 6.10. The molecular formula is C10H13N5O2S. The minimum atomic E-state index is -0.302. The van der Waals surface area contributed by atoms with Crippen LogP contribution in [-0.4, -0.2) is 32.8 Å². The van der Waals surface area contributed by atoms with Crippen molar-refractivity contribution in [3.63, 3.8) is 0 Å². The van der Waals surface area contributed by atoms with E-state index in [1.165, 1.54) is 16.0 Å². The SMILES string of the molecule is COCc1nc(C(=O)Nc2nc(C)nn2C)cs1. The van der Waals surface area contributed by atoms with E-state index in [1.54, 1.807) is 26.5 Å². The molecule has 0 unspecified atom stereocenters. The highest BCUT2D eigenvalue weighted by Gasteiger charge is 2.13. The smallest absolute Gasteiger partial charge is 0.277 e. The monoisotopic (exact) mass is 267 g/mol. The van der Waals surface area contributed by atoms with E-state index >= 15 is 0 Å². The van der Waals surface area contributed by atoms with Crippen LogP contribution in [0.1, 0.15) is 21.3 Å². The van der Waals surface area contributed by atoms with Gasteiger partial charge in [0.25, 0.3) is 5.91 Å². The second-order valence-corrected chi connectivity index (χ2v) is 4.56. The van der Waals surface area contributed by atoms with Crippen molar-refractivity contribution in [2.45, 2.75) is 13.5 Å². The third-order valence-corrected chi connectivity index (χ3v) is 2.97. The van der Waals surface area contributed by atoms with Gasteiger partial charge in [-0.05, 0) is 6.92 Å². The van der Waals surface area contributed by atoms with Gasteiger partial charge in [0, 0.05) is 19.5 Å². The van der Waals surface area contributed by atoms with Crippen LogP contribution < -0.4 is 5.32 Å². The predicted octanol–water partition coefficient (Wildman–Crippen LogP) is 0.979. The molecule has 1 N–H and O–H groups in total. The maximum absolute atomic E-state index is 11.9. The molecule has 0 aromatic carbocycles. The largest absolute Gasteiger partial charge is 0.378 e. The second kappa shape index (κ2) is 5.23. The summed E-state index contributed by atoms with van der Waals surface area (Å²) in [6.07, 6.45) is 0. The molecule has 2 heterocycles. The van der Waals surface area contributed by atoms with Crippen LogP contribution in [0, 0.1) is 6.92 Å². The van der Waals surface area contributed by atoms with Gasteiger partial charge in [0.1, 0.15) is 16.5 Å². The van der Waals surface area contributed by atoms with E-state index < -0.39 is 0 Å². The molecule has 96 valence electrons. The Balaban J connectivity index is 2.09. The van der Waals surface area contributed by atoms with Gasteiger partial charge < -0.3 is 4.74 Å². The highest BCUT2D eigenvalue weighted by molar-refractivity contribution is 7.09. The molecule has 18 heavy (non-hydrogen) atoms. The number of rotatable bonds is 4. The minimum absolute atomic E-state index is 0.302. The number of ether oxygens (including phenoxy) is 1. The van der Waals surface area contributed by atoms with Gasteiger partial charge in [-0.2, -0.15) is 10.1 Å². The standard InChI is InChI=1S/C10H13N5O2S/c1-6-11-10(15(2)14-6)13-9(16)7-5-18-8(12-7)4-17-3/h5H,4H2,1-3H3,(H,11,13,14,16). The Hall–Kier alpha value is -1.80. The van der Waals surface area contributed by atoms with Gasteiger partial charge in [0.05, 0.1) is 6.61 Å². The van der Waals surface area contributed by atoms with Gasteiger partial charge in [-0.1, -0.05) is 0 Å². The van der Waals surface area contributed by atoms with Crippen LogP contribution >= 0.6 is 11.3 Å². The fourth-order valence-electron chi connectivity index (χ4n) is 1.39. The first-order chi connectivity index (χ1) is 8.60. The van der Waals surface area contributed by atoms with Crippen molar-refractivity contribution >= 4 is 23.2 Å². The Bertz CT molecular complexity index is 562. The Kier molecular flexibility index (Phi) is 3.68. The number of carbonyl (C=O) groups excluding carboxylic acids is 1. The van der Waals surface area contributed by atoms with Crippen LogP contribution in [0.25, 0.3) is 0 Å². The highest BCUT2D eigenvalue weighted by atomic mass is 32.1. The van der Waals surface area contributed by atoms with Crippen molar-refractivity contribution in [1.29, 1.82) is 0 Å². The fraction of sp³-hybridized carbons (Fsp3) is 0.400. The summed E-state index contributed by atoms with van der Waals surface area (Å²) in [7, 11) is 3.30. The molecule has 2 aromatic heterocycles. The van der Waals surface area contributed by atoms with E-state index in [2.05, 4.69) is 20.4 Å². The summed E-state index contributed by atoms with van der Waals surface area (Å²) in [5.41, 5.74) is 0.354. The molecule has 0 spiro atoms. The van der Waals surface area contributed by atoms with Gasteiger partial charge in [-0.15, -0.1) is 11.3 Å². The summed E-state index contributed by atoms with van der Waals surface area (Å²) in [5.74, 6) is 0.703. The molecule has 0 saturated heterocycles. The first-order valence-electron chi connectivity index (χ1n) is 5.22. The molecule has 1 amide bonds. The van der Waals surface area contributed by atoms with E-state index in [0.717, 1.165) is 5.01 Å². The van der Waals surface area contributed by atoms with Crippen molar-refractivity contribution in [2.75, 3.05) is 12.4 Å². The van der Waals surface area contributed by atoms with Crippen molar-refractivity contribution in [1.82, 2.24) is 19.7 Å². The molecule has 2 rings (SSSR count). The molecule has 2 aromatic rings. The number of hydrogen-bond acceptors (Lipinski definition) is 6. The zero-order valence-electron chi connectivity index (χ0n) is 10.3. The van der Waals surface area contributed by atoms with E-state index in [4.69, 9.17) is 4.74 Å². The van der Waals surface area contributed by atoms with Crippen LogP contribution in [0.3, 0.4) is 0 Å². The Labute approximate surface area is 108 Å². The lowest BCUT2D eigenvalue weighted by Crippen LogP contribution is -2.15. The predicted molar refractivity (Wildman–Crippen MR) is 66.5 cm³/mol. The first kappa shape index (κ1) is 12.7. The molecule has 0 saturated carbocycles. The number of amides is 1. The van der Waals surface area contributed by atoms with Gasteiger partial charge in [0.2, 0.25) is 5.95 Å². The van der Waals surface area contributed by atoms with Crippen molar-refractivity contribution in [3.05, 3.63) is 21.9 Å². The molecule has 0 aliphatic heterocycles. The number of carbonyl (C=O) groups is 1. The molecule has 0 radical (unpaired) electrons. The van der Waals surface area contributed by atoms with E-state index in [9.17, 15) is 4.79 Å². The zero-order chi connectivity index (χ0) is 13.1. The van der Waals surface area contributed by atoms with Crippen LogP contribution in [0.2, 0.25) is 0 Å². The second-order valence-electron chi connectivity index (χ2n) is 3.62. The molecule has 0 aliphatic rings. The van der Waals surface area contributed by atoms with Crippen molar-refractivity contribution in [2.24, 2.45) is 7.05 Å². The number of hydrogen-bond donors (Lipinski definition) is 1. The van der Waals surface area contributed by atoms with Gasteiger partial charge in [-0.25, -0.2) is 9.67 Å². The third-order valence-electron chi connectivity index (χ3n) is 2.15. The normalized spacial score (nSPS) is 10.6. The molecule has 8 heteroatoms. The average Bonchev–Trinajstić information content (AvgIpc) is 2.87. The number of nitrogens with one attached hydrogen (secondary N) is 1. The van der Waals surface area contributed by atoms with Crippen LogP contribution in [0.4, 0.5) is 5.95 Å². The van der Waals surface area contributed by atoms with Gasteiger partial charge in [0.15, 0.2) is 0 Å². The maximum Gasteiger partial charge on any atom is 0.277 e. The van der Waals surface area contributed by atoms with E-state index in [-0.39, 0.29) is 5.91 Å². The van der Waals surface area contributed by atoms with Crippen molar-refractivity contribution < 1.29 is 9.53 Å².